The minimum atomic E-state index is -3.29. The first kappa shape index (κ1) is 18.1. The highest BCUT2D eigenvalue weighted by molar-refractivity contribution is 7.89. The first-order chi connectivity index (χ1) is 11.3. The van der Waals surface area contributed by atoms with Crippen LogP contribution < -0.4 is 0 Å². The molecule has 0 unspecified atom stereocenters. The molecule has 24 heavy (non-hydrogen) atoms. The van der Waals surface area contributed by atoms with E-state index in [1.54, 1.807) is 4.31 Å². The van der Waals surface area contributed by atoms with Gasteiger partial charge in [0.25, 0.3) is 0 Å². The molecule has 3 aliphatic rings. The number of hydrogen-bond acceptors (Lipinski definition) is 5. The average Bonchev–Trinajstić information content (AvgIpc) is 3.29. The Morgan fingerprint density at radius 2 is 1.58 bits per heavy atom. The van der Waals surface area contributed by atoms with E-state index in [2.05, 4.69) is 29.8 Å². The maximum Gasteiger partial charge on any atom is 0.215 e. The van der Waals surface area contributed by atoms with Crippen molar-refractivity contribution in [3.63, 3.8) is 0 Å². The maximum absolute atomic E-state index is 12.6. The van der Waals surface area contributed by atoms with Crippen molar-refractivity contribution in [3.8, 4) is 6.07 Å². The van der Waals surface area contributed by atoms with Crippen LogP contribution in [0.15, 0.2) is 0 Å². The molecule has 0 aromatic carbocycles. The predicted molar refractivity (Wildman–Crippen MR) is 93.9 cm³/mol. The van der Waals surface area contributed by atoms with Gasteiger partial charge in [-0.3, -0.25) is 0 Å². The molecule has 136 valence electrons. The summed E-state index contributed by atoms with van der Waals surface area (Å²) in [6.45, 7) is 9.03. The molecule has 0 aromatic rings. The fourth-order valence-corrected chi connectivity index (χ4v) is 5.86. The Morgan fingerprint density at radius 3 is 2.08 bits per heavy atom. The molecule has 3 fully saturated rings. The molecule has 0 bridgehead atoms. The second kappa shape index (κ2) is 6.56. The Balaban J connectivity index is 1.52. The Labute approximate surface area is 146 Å². The zero-order chi connectivity index (χ0) is 17.4. The number of hydrogen-bond donors (Lipinski definition) is 0. The third-order valence-corrected chi connectivity index (χ3v) is 8.14. The van der Waals surface area contributed by atoms with Crippen molar-refractivity contribution in [1.82, 2.24) is 14.1 Å². The molecule has 0 atom stereocenters. The van der Waals surface area contributed by atoms with Crippen molar-refractivity contribution in [3.05, 3.63) is 0 Å². The van der Waals surface area contributed by atoms with Crippen LogP contribution in [0.1, 0.15) is 32.6 Å². The number of piperazine rings is 1. The molecule has 1 saturated carbocycles. The fraction of sp³-hybridized carbons (Fsp3) is 0.941. The van der Waals surface area contributed by atoms with Crippen LogP contribution in [0.4, 0.5) is 0 Å². The number of rotatable bonds is 5. The van der Waals surface area contributed by atoms with Crippen LogP contribution in [-0.2, 0) is 10.0 Å². The lowest BCUT2D eigenvalue weighted by Crippen LogP contribution is -2.51. The summed E-state index contributed by atoms with van der Waals surface area (Å²) in [7, 11) is -1.13. The lowest BCUT2D eigenvalue weighted by Gasteiger charge is -2.43. The van der Waals surface area contributed by atoms with Gasteiger partial charge in [0.15, 0.2) is 0 Å². The normalized spacial score (nSPS) is 28.4. The van der Waals surface area contributed by atoms with E-state index in [4.69, 9.17) is 5.26 Å². The highest BCUT2D eigenvalue weighted by atomic mass is 32.2. The Morgan fingerprint density at radius 1 is 1.00 bits per heavy atom. The summed E-state index contributed by atoms with van der Waals surface area (Å²) in [4.78, 5) is 4.88. The molecule has 1 aliphatic carbocycles. The summed E-state index contributed by atoms with van der Waals surface area (Å²) in [5, 5.41) is 9.16. The summed E-state index contributed by atoms with van der Waals surface area (Å²) in [5.41, 5.74) is -0.381. The Hall–Kier alpha value is -0.680. The van der Waals surface area contributed by atoms with Crippen LogP contribution >= 0.6 is 0 Å². The summed E-state index contributed by atoms with van der Waals surface area (Å²) < 4.78 is 26.8. The Kier molecular flexibility index (Phi) is 4.95. The van der Waals surface area contributed by atoms with Gasteiger partial charge in [-0.25, -0.2) is 12.7 Å². The minimum Gasteiger partial charge on any atom is -0.304 e. The quantitative estimate of drug-likeness (QED) is 0.736. The monoisotopic (exact) mass is 354 g/mol. The van der Waals surface area contributed by atoms with Crippen LogP contribution in [0.25, 0.3) is 0 Å². The maximum atomic E-state index is 12.6. The van der Waals surface area contributed by atoms with Crippen molar-refractivity contribution < 1.29 is 8.42 Å². The van der Waals surface area contributed by atoms with Gasteiger partial charge in [0.2, 0.25) is 10.0 Å². The fourth-order valence-electron chi connectivity index (χ4n) is 3.89. The van der Waals surface area contributed by atoms with Crippen molar-refractivity contribution in [2.24, 2.45) is 10.8 Å². The van der Waals surface area contributed by atoms with Crippen molar-refractivity contribution in [2.45, 2.75) is 32.6 Å². The van der Waals surface area contributed by atoms with Gasteiger partial charge in [0, 0.05) is 45.8 Å². The molecule has 0 spiro atoms. The molecule has 0 amide bonds. The van der Waals surface area contributed by atoms with Crippen LogP contribution in [0.5, 0.6) is 0 Å². The van der Waals surface area contributed by atoms with E-state index < -0.39 is 15.4 Å². The van der Waals surface area contributed by atoms with E-state index in [1.165, 1.54) is 0 Å². The van der Waals surface area contributed by atoms with E-state index in [-0.39, 0.29) is 11.2 Å². The number of piperidine rings is 1. The topological polar surface area (TPSA) is 67.7 Å². The molecule has 0 N–H and O–H groups in total. The van der Waals surface area contributed by atoms with Crippen molar-refractivity contribution in [1.29, 1.82) is 5.26 Å². The summed E-state index contributed by atoms with van der Waals surface area (Å²) in [5.74, 6) is 0.0195. The smallest absolute Gasteiger partial charge is 0.215 e. The summed E-state index contributed by atoms with van der Waals surface area (Å²) in [6, 6.07) is 2.21. The van der Waals surface area contributed by atoms with Crippen molar-refractivity contribution >= 4 is 10.0 Å². The molecule has 2 saturated heterocycles. The van der Waals surface area contributed by atoms with Gasteiger partial charge in [-0.1, -0.05) is 6.92 Å². The molecule has 7 heteroatoms. The van der Waals surface area contributed by atoms with Gasteiger partial charge < -0.3 is 9.80 Å². The summed E-state index contributed by atoms with van der Waals surface area (Å²) >= 11 is 0. The number of nitriles is 1. The zero-order valence-electron chi connectivity index (χ0n) is 15.0. The first-order valence-electron chi connectivity index (χ1n) is 9.06. The zero-order valence-corrected chi connectivity index (χ0v) is 15.8. The van der Waals surface area contributed by atoms with Crippen LogP contribution in [0.3, 0.4) is 0 Å². The third-order valence-electron chi connectivity index (χ3n) is 6.07. The molecule has 2 aliphatic heterocycles. The second-order valence-electron chi connectivity index (χ2n) is 8.44. The molecule has 2 heterocycles. The van der Waals surface area contributed by atoms with Gasteiger partial charge in [-0.2, -0.15) is 5.26 Å². The second-order valence-corrected chi connectivity index (χ2v) is 10.4. The molecule has 0 aromatic heterocycles. The van der Waals surface area contributed by atoms with E-state index in [0.717, 1.165) is 58.4 Å². The number of sulfonamides is 1. The SMILES string of the molecule is CN1CCN(CC2(C)CCN(S(=O)(=O)CC3(C#N)CC3)CC2)CC1. The van der Waals surface area contributed by atoms with Gasteiger partial charge in [-0.05, 0) is 38.1 Å². The van der Waals surface area contributed by atoms with Crippen molar-refractivity contribution in [2.75, 3.05) is 58.6 Å². The predicted octanol–water partition coefficient (Wildman–Crippen LogP) is 0.969. The van der Waals surface area contributed by atoms with Crippen LogP contribution in [-0.4, -0.2) is 81.1 Å². The summed E-state index contributed by atoms with van der Waals surface area (Å²) in [6.07, 6.45) is 3.30. The molecule has 0 radical (unpaired) electrons. The molecular weight excluding hydrogens is 324 g/mol. The highest BCUT2D eigenvalue weighted by Crippen LogP contribution is 2.46. The highest BCUT2D eigenvalue weighted by Gasteiger charge is 2.49. The van der Waals surface area contributed by atoms with E-state index in [1.807, 2.05) is 0 Å². The van der Waals surface area contributed by atoms with E-state index >= 15 is 0 Å². The molecular formula is C17H30N4O2S. The Bertz CT molecular complexity index is 593. The molecule has 3 rings (SSSR count). The van der Waals surface area contributed by atoms with Gasteiger partial charge in [0.1, 0.15) is 0 Å². The number of likely N-dealkylation sites (N-methyl/N-ethyl adjacent to an activating group) is 1. The van der Waals surface area contributed by atoms with Gasteiger partial charge in [0.05, 0.1) is 17.2 Å². The lowest BCUT2D eigenvalue weighted by atomic mass is 9.80. The first-order valence-corrected chi connectivity index (χ1v) is 10.7. The average molecular weight is 355 g/mol. The van der Waals surface area contributed by atoms with E-state index in [9.17, 15) is 8.42 Å². The van der Waals surface area contributed by atoms with Crippen LogP contribution in [0.2, 0.25) is 0 Å². The van der Waals surface area contributed by atoms with Gasteiger partial charge in [-0.15, -0.1) is 0 Å². The lowest BCUT2D eigenvalue weighted by molar-refractivity contribution is 0.0725. The standard InChI is InChI=1S/C17H30N4O2S/c1-16(14-20-11-9-19(2)10-12-20)5-7-21(8-6-16)24(22,23)15-17(13-18)3-4-17/h3-12,14-15H2,1-2H3. The van der Waals surface area contributed by atoms with Gasteiger partial charge >= 0.3 is 0 Å². The van der Waals surface area contributed by atoms with E-state index in [0.29, 0.717) is 13.1 Å². The molecule has 6 nitrogen and oxygen atoms in total. The third kappa shape index (κ3) is 4.10. The largest absolute Gasteiger partial charge is 0.304 e. The minimum absolute atomic E-state index is 0.0195. The van der Waals surface area contributed by atoms with Crippen LogP contribution in [0, 0.1) is 22.2 Å². The number of nitrogens with zero attached hydrogens (tertiary/aromatic N) is 4.